The molecule has 2 N–H and O–H groups in total. The minimum atomic E-state index is -1.19. The molecule has 19 heavy (non-hydrogen) atoms. The summed E-state index contributed by atoms with van der Waals surface area (Å²) in [5.74, 6) is -1.67. The first-order chi connectivity index (χ1) is 8.97. The van der Waals surface area contributed by atoms with E-state index in [1.165, 1.54) is 0 Å². The zero-order chi connectivity index (χ0) is 14.0. The van der Waals surface area contributed by atoms with E-state index >= 15 is 0 Å². The van der Waals surface area contributed by atoms with Gasteiger partial charge < -0.3 is 15.3 Å². The number of carbonyl (C=O) groups excluding carboxylic acids is 1. The number of carbonyl (C=O) groups is 2. The van der Waals surface area contributed by atoms with Crippen LogP contribution in [-0.2, 0) is 14.4 Å². The van der Waals surface area contributed by atoms with E-state index in [9.17, 15) is 9.59 Å². The summed E-state index contributed by atoms with van der Waals surface area (Å²) in [6.45, 7) is 1.88. The van der Waals surface area contributed by atoms with Gasteiger partial charge in [-0.25, -0.2) is 4.79 Å². The highest BCUT2D eigenvalue weighted by molar-refractivity contribution is 6.36. The van der Waals surface area contributed by atoms with Crippen LogP contribution in [0.25, 0.3) is 0 Å². The van der Waals surface area contributed by atoms with E-state index in [2.05, 4.69) is 10.5 Å². The van der Waals surface area contributed by atoms with Crippen molar-refractivity contribution in [1.29, 1.82) is 0 Å². The smallest absolute Gasteiger partial charge is 0.353 e. The number of rotatable bonds is 3. The van der Waals surface area contributed by atoms with Crippen LogP contribution in [0.15, 0.2) is 23.4 Å². The van der Waals surface area contributed by atoms with Gasteiger partial charge in [0, 0.05) is 6.42 Å². The summed E-state index contributed by atoms with van der Waals surface area (Å²) < 4.78 is 0. The number of aliphatic carboxylic acids is 1. The van der Waals surface area contributed by atoms with Crippen LogP contribution in [0.3, 0.4) is 0 Å². The predicted octanol–water partition coefficient (Wildman–Crippen LogP) is 1.82. The molecule has 0 fully saturated rings. The molecule has 1 amide bonds. The predicted molar refractivity (Wildman–Crippen MR) is 69.4 cm³/mol. The van der Waals surface area contributed by atoms with Crippen LogP contribution >= 0.6 is 11.6 Å². The lowest BCUT2D eigenvalue weighted by molar-refractivity contribution is -0.129. The van der Waals surface area contributed by atoms with Gasteiger partial charge >= 0.3 is 5.97 Å². The Bertz CT molecular complexity index is 571. The van der Waals surface area contributed by atoms with Crippen molar-refractivity contribution in [3.8, 4) is 0 Å². The summed E-state index contributed by atoms with van der Waals surface area (Å²) in [6, 6.07) is 5.19. The minimum Gasteiger partial charge on any atom is -0.477 e. The molecule has 1 unspecified atom stereocenters. The maximum Gasteiger partial charge on any atom is 0.353 e. The molecule has 0 bridgehead atoms. The molecule has 1 aromatic rings. The number of hydrogen-bond acceptors (Lipinski definition) is 4. The van der Waals surface area contributed by atoms with Gasteiger partial charge in [-0.1, -0.05) is 22.8 Å². The van der Waals surface area contributed by atoms with Crippen molar-refractivity contribution in [3.05, 3.63) is 28.8 Å². The van der Waals surface area contributed by atoms with E-state index in [0.29, 0.717) is 10.7 Å². The summed E-state index contributed by atoms with van der Waals surface area (Å²) in [5, 5.41) is 15.0. The number of carboxylic acid groups (broad SMARTS) is 1. The lowest BCUT2D eigenvalue weighted by Gasteiger charge is -2.10. The quantitative estimate of drug-likeness (QED) is 0.885. The third-order valence-electron chi connectivity index (χ3n) is 2.59. The van der Waals surface area contributed by atoms with E-state index < -0.39 is 18.0 Å². The third-order valence-corrected chi connectivity index (χ3v) is 2.90. The zero-order valence-electron chi connectivity index (χ0n) is 10.0. The average Bonchev–Trinajstić information content (AvgIpc) is 2.82. The first-order valence-electron chi connectivity index (χ1n) is 5.50. The molecule has 6 nitrogen and oxygen atoms in total. The van der Waals surface area contributed by atoms with E-state index in [4.69, 9.17) is 21.5 Å². The number of nitrogens with one attached hydrogen (secondary N) is 1. The fourth-order valence-corrected chi connectivity index (χ4v) is 1.86. The minimum absolute atomic E-state index is 0.0648. The van der Waals surface area contributed by atoms with Gasteiger partial charge in [-0.15, -0.1) is 0 Å². The molecular weight excluding hydrogens is 272 g/mol. The molecule has 0 saturated heterocycles. The van der Waals surface area contributed by atoms with Gasteiger partial charge in [0.25, 0.3) is 5.91 Å². The molecule has 0 aliphatic carbocycles. The molecule has 1 atom stereocenters. The normalized spacial score (nSPS) is 17.6. The molecule has 1 heterocycles. The van der Waals surface area contributed by atoms with Crippen LogP contribution < -0.4 is 5.32 Å². The summed E-state index contributed by atoms with van der Waals surface area (Å²) in [5.41, 5.74) is 1.25. The number of carboxylic acids is 1. The lowest BCUT2D eigenvalue weighted by atomic mass is 10.1. The van der Waals surface area contributed by atoms with Crippen LogP contribution in [0.4, 0.5) is 5.69 Å². The van der Waals surface area contributed by atoms with Gasteiger partial charge in [0.15, 0.2) is 5.71 Å². The van der Waals surface area contributed by atoms with Gasteiger partial charge in [-0.05, 0) is 24.6 Å². The summed E-state index contributed by atoms with van der Waals surface area (Å²) in [6.07, 6.45) is -1.01. The number of anilines is 1. The van der Waals surface area contributed by atoms with Crippen molar-refractivity contribution in [2.24, 2.45) is 5.16 Å². The van der Waals surface area contributed by atoms with Crippen molar-refractivity contribution in [1.82, 2.24) is 0 Å². The molecule has 1 aromatic carbocycles. The monoisotopic (exact) mass is 282 g/mol. The Morgan fingerprint density at radius 3 is 2.84 bits per heavy atom. The maximum atomic E-state index is 11.9. The van der Waals surface area contributed by atoms with Crippen molar-refractivity contribution < 1.29 is 19.5 Å². The van der Waals surface area contributed by atoms with Gasteiger partial charge in [-0.3, -0.25) is 4.79 Å². The number of aryl methyl sites for hydroxylation is 1. The first-order valence-corrected chi connectivity index (χ1v) is 5.88. The Labute approximate surface area is 114 Å². The van der Waals surface area contributed by atoms with Crippen LogP contribution in [0.1, 0.15) is 12.0 Å². The molecule has 0 radical (unpaired) electrons. The number of nitrogens with zero attached hydrogens (tertiary/aromatic N) is 1. The van der Waals surface area contributed by atoms with Crippen LogP contribution in [-0.4, -0.2) is 28.8 Å². The molecule has 7 heteroatoms. The highest BCUT2D eigenvalue weighted by Crippen LogP contribution is 2.23. The van der Waals surface area contributed by atoms with Crippen molar-refractivity contribution in [3.63, 3.8) is 0 Å². The van der Waals surface area contributed by atoms with E-state index in [1.807, 2.05) is 6.92 Å². The van der Waals surface area contributed by atoms with E-state index in [0.717, 1.165) is 5.56 Å². The van der Waals surface area contributed by atoms with E-state index in [-0.39, 0.29) is 12.1 Å². The fourth-order valence-electron chi connectivity index (χ4n) is 1.58. The second-order valence-electron chi connectivity index (χ2n) is 4.11. The summed E-state index contributed by atoms with van der Waals surface area (Å²) in [7, 11) is 0. The molecular formula is C12H11ClN2O4. The number of amides is 1. The van der Waals surface area contributed by atoms with Crippen LogP contribution in [0.5, 0.6) is 0 Å². The highest BCUT2D eigenvalue weighted by atomic mass is 35.5. The first kappa shape index (κ1) is 13.4. The van der Waals surface area contributed by atoms with Crippen molar-refractivity contribution in [2.45, 2.75) is 19.4 Å². The largest absolute Gasteiger partial charge is 0.477 e. The molecule has 0 aromatic heterocycles. The Morgan fingerprint density at radius 2 is 2.26 bits per heavy atom. The molecule has 2 rings (SSSR count). The van der Waals surface area contributed by atoms with Gasteiger partial charge in [0.2, 0.25) is 6.10 Å². The SMILES string of the molecule is Cc1ccc(NC(=O)C2CC(C(=O)O)=NO2)c(Cl)c1. The summed E-state index contributed by atoms with van der Waals surface area (Å²) in [4.78, 5) is 27.3. The zero-order valence-corrected chi connectivity index (χ0v) is 10.8. The molecule has 100 valence electrons. The second kappa shape index (κ2) is 5.27. The number of oxime groups is 1. The summed E-state index contributed by atoms with van der Waals surface area (Å²) >= 11 is 5.98. The topological polar surface area (TPSA) is 88.0 Å². The molecule has 1 aliphatic rings. The number of hydrogen-bond donors (Lipinski definition) is 2. The van der Waals surface area contributed by atoms with Crippen molar-refractivity contribution >= 4 is 34.9 Å². The van der Waals surface area contributed by atoms with Gasteiger partial charge in [0.1, 0.15) is 0 Å². The third kappa shape index (κ3) is 3.03. The Morgan fingerprint density at radius 1 is 1.53 bits per heavy atom. The number of halogens is 1. The molecule has 0 spiro atoms. The standard InChI is InChI=1S/C12H11ClN2O4/c1-6-2-3-8(7(13)4-6)14-11(16)10-5-9(12(17)18)15-19-10/h2-4,10H,5H2,1H3,(H,14,16)(H,17,18). The second-order valence-corrected chi connectivity index (χ2v) is 4.52. The van der Waals surface area contributed by atoms with Gasteiger partial charge in [0.05, 0.1) is 10.7 Å². The van der Waals surface area contributed by atoms with Crippen LogP contribution in [0, 0.1) is 6.92 Å². The van der Waals surface area contributed by atoms with Gasteiger partial charge in [-0.2, -0.15) is 0 Å². The lowest BCUT2D eigenvalue weighted by Crippen LogP contribution is -2.29. The molecule has 0 saturated carbocycles. The Balaban J connectivity index is 2.01. The molecule has 1 aliphatic heterocycles. The average molecular weight is 283 g/mol. The number of benzene rings is 1. The van der Waals surface area contributed by atoms with Crippen molar-refractivity contribution in [2.75, 3.05) is 5.32 Å². The Hall–Kier alpha value is -2.08. The van der Waals surface area contributed by atoms with E-state index in [1.54, 1.807) is 18.2 Å². The Kier molecular flexibility index (Phi) is 3.71. The van der Waals surface area contributed by atoms with Crippen LogP contribution in [0.2, 0.25) is 5.02 Å². The fraction of sp³-hybridized carbons (Fsp3) is 0.250. The highest BCUT2D eigenvalue weighted by Gasteiger charge is 2.31. The maximum absolute atomic E-state index is 11.9.